The van der Waals surface area contributed by atoms with Gasteiger partial charge in [-0.2, -0.15) is 0 Å². The Labute approximate surface area is 277 Å². The van der Waals surface area contributed by atoms with Crippen molar-refractivity contribution in [2.24, 2.45) is 0 Å². The van der Waals surface area contributed by atoms with Gasteiger partial charge in [-0.1, -0.05) is 35.0 Å². The van der Waals surface area contributed by atoms with Crippen molar-refractivity contribution < 1.29 is 21.1 Å². The second-order valence-corrected chi connectivity index (χ2v) is 12.2. The molecule has 220 valence electrons. The molecule has 0 unspecified atom stereocenters. The second kappa shape index (κ2) is 9.65. The van der Waals surface area contributed by atoms with Crippen LogP contribution in [0.3, 0.4) is 0 Å². The van der Waals surface area contributed by atoms with E-state index in [0.29, 0.717) is 0 Å². The number of hydrogen-bond acceptors (Lipinski definition) is 4. The van der Waals surface area contributed by atoms with Crippen molar-refractivity contribution >= 4 is 77.0 Å². The molecule has 0 bridgehead atoms. The summed E-state index contributed by atoms with van der Waals surface area (Å²) in [6, 6.07) is 44.3. The Morgan fingerprint density at radius 3 is 1.43 bits per heavy atom. The van der Waals surface area contributed by atoms with Crippen LogP contribution in [-0.2, 0) is 26.5 Å². The molecule has 4 aromatic carbocycles. The Morgan fingerprint density at radius 1 is 0.500 bits per heavy atom. The van der Waals surface area contributed by atoms with Crippen LogP contribution in [0.15, 0.2) is 109 Å². The van der Waals surface area contributed by atoms with Crippen LogP contribution >= 0.6 is 0 Å². The van der Waals surface area contributed by atoms with E-state index >= 15 is 0 Å². The van der Waals surface area contributed by atoms with Gasteiger partial charge in [0.15, 0.2) is 0 Å². The first-order valence-corrected chi connectivity index (χ1v) is 15.1. The fourth-order valence-electron chi connectivity index (χ4n) is 7.00. The van der Waals surface area contributed by atoms with E-state index in [4.69, 9.17) is 19.9 Å². The summed E-state index contributed by atoms with van der Waals surface area (Å²) in [6.45, 7) is 4.40. The average Bonchev–Trinajstić information content (AvgIpc) is 3.68. The maximum absolute atomic E-state index is 5.37. The number of rotatable bonds is 2. The number of para-hydroxylation sites is 4. The molecule has 6 aromatic heterocycles. The largest absolute Gasteiger partial charge is 2.00 e. The molecular weight excluding hydrogens is 748 g/mol. The number of pyridine rings is 4. The minimum absolute atomic E-state index is 0. The van der Waals surface area contributed by atoms with Crippen LogP contribution in [0, 0.1) is 12.1 Å². The molecule has 0 atom stereocenters. The molecule has 46 heavy (non-hydrogen) atoms. The van der Waals surface area contributed by atoms with Gasteiger partial charge in [-0.15, -0.1) is 59.3 Å². The molecule has 0 N–H and O–H groups in total. The molecule has 6 nitrogen and oxygen atoms in total. The predicted molar refractivity (Wildman–Crippen MR) is 181 cm³/mol. The Balaban J connectivity index is 0.00000292. The van der Waals surface area contributed by atoms with Crippen LogP contribution in [0.1, 0.15) is 25.2 Å². The standard InChI is InChI=1S/C39H24N6.Pt/c1-39(2,33-21-19-31-35(42-33)23-11-3-5-13-25(23)37-40-27-15-7-9-17-29(27)44(31)37)34-22-20-32-36(43-34)24-12-4-6-14-26(24)38-41-28-16-8-10-18-30(28)45(32)38;/h3-10,13-22H,1-2H3;/q-2;+2. The Hall–Kier alpha value is -5.19. The van der Waals surface area contributed by atoms with Crippen LogP contribution < -0.4 is 0 Å². The van der Waals surface area contributed by atoms with E-state index in [2.05, 4.69) is 108 Å². The zero-order chi connectivity index (χ0) is 29.9. The first-order chi connectivity index (χ1) is 22.1. The van der Waals surface area contributed by atoms with Crippen LogP contribution in [0.5, 0.6) is 0 Å². The van der Waals surface area contributed by atoms with Gasteiger partial charge in [0.2, 0.25) is 0 Å². The van der Waals surface area contributed by atoms with Crippen molar-refractivity contribution in [2.75, 3.05) is 0 Å². The third kappa shape index (κ3) is 3.56. The van der Waals surface area contributed by atoms with Gasteiger partial charge in [0, 0.05) is 38.9 Å². The summed E-state index contributed by atoms with van der Waals surface area (Å²) < 4.78 is 4.45. The molecule has 10 rings (SSSR count). The van der Waals surface area contributed by atoms with Crippen molar-refractivity contribution in [2.45, 2.75) is 19.3 Å². The molecule has 0 fully saturated rings. The van der Waals surface area contributed by atoms with Crippen molar-refractivity contribution in [1.82, 2.24) is 28.7 Å². The second-order valence-electron chi connectivity index (χ2n) is 12.2. The number of fused-ring (bicyclic) bond motifs is 16. The fourth-order valence-corrected chi connectivity index (χ4v) is 7.00. The Bertz CT molecular complexity index is 2670. The number of aromatic nitrogens is 6. The third-order valence-corrected chi connectivity index (χ3v) is 9.30. The summed E-state index contributed by atoms with van der Waals surface area (Å²) >= 11 is 0. The first kappa shape index (κ1) is 27.1. The van der Waals surface area contributed by atoms with Crippen molar-refractivity contribution in [1.29, 1.82) is 0 Å². The predicted octanol–water partition coefficient (Wildman–Crippen LogP) is 8.61. The minimum atomic E-state index is -0.498. The smallest absolute Gasteiger partial charge is 0.307 e. The summed E-state index contributed by atoms with van der Waals surface area (Å²) in [4.78, 5) is 20.7. The van der Waals surface area contributed by atoms with Crippen molar-refractivity contribution in [3.63, 3.8) is 0 Å². The molecule has 0 saturated carbocycles. The van der Waals surface area contributed by atoms with Gasteiger partial charge >= 0.3 is 21.1 Å². The summed E-state index contributed by atoms with van der Waals surface area (Å²) in [7, 11) is 0. The van der Waals surface area contributed by atoms with Crippen molar-refractivity contribution in [3.8, 4) is 0 Å². The van der Waals surface area contributed by atoms with Crippen LogP contribution in [0.2, 0.25) is 0 Å². The third-order valence-electron chi connectivity index (χ3n) is 9.30. The van der Waals surface area contributed by atoms with Crippen LogP contribution in [-0.4, -0.2) is 28.7 Å². The number of imidazole rings is 2. The van der Waals surface area contributed by atoms with Gasteiger partial charge in [-0.25, -0.2) is 9.97 Å². The number of hydrogen-bond donors (Lipinski definition) is 0. The molecule has 10 aromatic rings. The number of benzene rings is 4. The SMILES string of the molecule is CC(C)(c1ccc2c(n1)c1[c-]cccc1c1nc3ccccc3n21)c1ccc2c(n1)c1[c-]cccc1c1nc3ccccc3n21.[Pt+2]. The molecule has 0 spiro atoms. The molecule has 0 saturated heterocycles. The van der Waals surface area contributed by atoms with Crippen molar-refractivity contribution in [3.05, 3.63) is 133 Å². The van der Waals surface area contributed by atoms with E-state index in [1.54, 1.807) is 0 Å². The molecule has 0 amide bonds. The van der Waals surface area contributed by atoms with E-state index in [0.717, 1.165) is 88.4 Å². The molecule has 0 aliphatic rings. The van der Waals surface area contributed by atoms with E-state index < -0.39 is 5.41 Å². The maximum Gasteiger partial charge on any atom is 2.00 e. The van der Waals surface area contributed by atoms with Gasteiger partial charge in [-0.05, 0) is 62.4 Å². The van der Waals surface area contributed by atoms with E-state index in [9.17, 15) is 0 Å². The summed E-state index contributed by atoms with van der Waals surface area (Å²) in [6.07, 6.45) is 0. The fraction of sp³-hybridized carbons (Fsp3) is 0.0769. The molecule has 0 aliphatic heterocycles. The first-order valence-electron chi connectivity index (χ1n) is 15.1. The van der Waals surface area contributed by atoms with E-state index in [1.807, 2.05) is 36.4 Å². The molecule has 0 aliphatic carbocycles. The van der Waals surface area contributed by atoms with Crippen LogP contribution in [0.25, 0.3) is 77.0 Å². The molecule has 6 heterocycles. The minimum Gasteiger partial charge on any atom is -0.307 e. The summed E-state index contributed by atoms with van der Waals surface area (Å²) in [5, 5.41) is 4.00. The molecular formula is C39H24N6Pt. The molecule has 0 radical (unpaired) electrons. The normalized spacial score (nSPS) is 12.4. The summed E-state index contributed by atoms with van der Waals surface area (Å²) in [5.74, 6) is 0. The van der Waals surface area contributed by atoms with Gasteiger partial charge < -0.3 is 8.80 Å². The van der Waals surface area contributed by atoms with E-state index in [-0.39, 0.29) is 21.1 Å². The van der Waals surface area contributed by atoms with E-state index in [1.165, 1.54) is 0 Å². The monoisotopic (exact) mass is 771 g/mol. The van der Waals surface area contributed by atoms with Gasteiger partial charge in [0.1, 0.15) is 11.3 Å². The summed E-state index contributed by atoms with van der Waals surface area (Å²) in [5.41, 5.74) is 11.1. The van der Waals surface area contributed by atoms with Gasteiger partial charge in [-0.3, -0.25) is 9.97 Å². The van der Waals surface area contributed by atoms with Crippen LogP contribution in [0.4, 0.5) is 0 Å². The molecule has 7 heteroatoms. The zero-order valence-corrected chi connectivity index (χ0v) is 27.2. The maximum atomic E-state index is 5.37. The average molecular weight is 772 g/mol. The Kier molecular flexibility index (Phi) is 5.70. The zero-order valence-electron chi connectivity index (χ0n) is 24.9. The number of nitrogens with zero attached hydrogens (tertiary/aromatic N) is 6. The quantitative estimate of drug-likeness (QED) is 0.131. The van der Waals surface area contributed by atoms with Gasteiger partial charge in [0.05, 0.1) is 22.1 Å². The Morgan fingerprint density at radius 2 is 0.957 bits per heavy atom. The van der Waals surface area contributed by atoms with Gasteiger partial charge in [0.25, 0.3) is 0 Å². The topological polar surface area (TPSA) is 60.4 Å².